The molecule has 5 rings (SSSR count). The van der Waals surface area contributed by atoms with Crippen molar-refractivity contribution in [2.24, 2.45) is 85.2 Å². The first-order chi connectivity index (χ1) is 53.0. The summed E-state index contributed by atoms with van der Waals surface area (Å²) in [7, 11) is -2.86. The molecule has 4 aliphatic rings. The zero-order valence-corrected chi connectivity index (χ0v) is 86.2. The molecule has 0 N–H and O–H groups in total. The first-order valence-corrected chi connectivity index (χ1v) is 56.5. The lowest BCUT2D eigenvalue weighted by Crippen LogP contribution is -2.45. The van der Waals surface area contributed by atoms with Gasteiger partial charge in [0.1, 0.15) is 17.3 Å². The summed E-state index contributed by atoms with van der Waals surface area (Å²) in [5.74, 6) is 5.97. The topological polar surface area (TPSA) is 158 Å². The quantitative estimate of drug-likeness (QED) is 0.0270. The highest BCUT2D eigenvalue weighted by molar-refractivity contribution is 6.76. The number of fused-ring (bicyclic) bond motifs is 2. The number of rotatable bonds is 27. The molecule has 0 saturated heterocycles. The second-order valence-corrected chi connectivity index (χ2v) is 61.5. The molecule has 0 spiro atoms. The van der Waals surface area contributed by atoms with Gasteiger partial charge in [0, 0.05) is 24.2 Å². The van der Waals surface area contributed by atoms with Crippen LogP contribution >= 0.6 is 0 Å². The molecule has 12 nitrogen and oxygen atoms in total. The maximum atomic E-state index is 12.6. The van der Waals surface area contributed by atoms with Crippen LogP contribution < -0.4 is 0 Å². The fourth-order valence-corrected chi connectivity index (χ4v) is 17.4. The molecule has 4 fully saturated rings. The van der Waals surface area contributed by atoms with E-state index in [1.807, 2.05) is 83.1 Å². The monoisotopic (exact) mass is 1990 g/mol. The van der Waals surface area contributed by atoms with E-state index >= 15 is 0 Å². The average molecular weight is 2000 g/mol. The normalized spacial score (nSPS) is 19.1. The highest BCUT2D eigenvalue weighted by Gasteiger charge is 2.57. The minimum absolute atomic E-state index is 0. The van der Waals surface area contributed by atoms with E-state index in [0.29, 0.717) is 36.9 Å². The smallest absolute Gasteiger partial charge is 0.425 e. The third kappa shape index (κ3) is 69.2. The molecule has 0 aliphatic heterocycles. The van der Waals surface area contributed by atoms with Gasteiger partial charge in [-0.1, -0.05) is 330 Å². The molecule has 1 aromatic carbocycles. The Morgan fingerprint density at radius 2 is 0.761 bits per heavy atom. The Morgan fingerprint density at radius 3 is 1.07 bits per heavy atom. The zero-order valence-electron chi connectivity index (χ0n) is 83.2. The van der Waals surface area contributed by atoms with Crippen LogP contribution in [0.3, 0.4) is 0 Å². The number of benzene rings is 1. The lowest BCUT2D eigenvalue weighted by atomic mass is 9.72. The second kappa shape index (κ2) is 75.1. The number of ether oxygens (including phenoxy) is 6. The Bertz CT molecular complexity index is 3020. The molecule has 824 valence electrons. The van der Waals surface area contributed by atoms with Crippen LogP contribution in [-0.4, -0.2) is 109 Å². The van der Waals surface area contributed by atoms with E-state index in [2.05, 4.69) is 163 Å². The summed E-state index contributed by atoms with van der Waals surface area (Å²) in [6.45, 7) is 81.7. The third-order valence-corrected chi connectivity index (χ3v) is 31.2. The summed E-state index contributed by atoms with van der Waals surface area (Å²) in [5.41, 5.74) is -4.00. The zero-order chi connectivity index (χ0) is 93.4. The summed E-state index contributed by atoms with van der Waals surface area (Å²) in [5, 5.41) is 0. The molecule has 2 bridgehead atoms. The molecule has 4 saturated carbocycles. The predicted molar refractivity (Wildman–Crippen MR) is 597 cm³/mol. The highest BCUT2D eigenvalue weighted by Crippen LogP contribution is 2.57. The standard InChI is InChI=1S/2C16H30O2.C13H26Si.C12H26O2Si.C11H24O2Si.C10H17F3O2.C10H14.C9H15F3O2.16CH4/c1-7-16(5,6)14(17)18-13-10-8-12(9-11-13)15(2,3)4;1-7-15(3,4)14(17)18-16(5,6)13-10-8-12(2)9-11-13;1-9-10(2)13-7-11(9)6-12(13)8-14(3,4)5;1-7-12(2,3)11(13)14-9-8-10-15(4,5)6;1-7-11(2,3)10(12)13-8-9-14(4,5)6;1-6-9(5,10(11,12)13)7(14)15-8(2,3)4;1-3-9(2)10-7-5-4-6-8-10;1-5-8(3,4)7(13)14-6(2)9(10,11)12;;;;;;;;;;;;;;;;/h2*12-13H,7-11H2,1-6H3;9-13H,6-8H2,1-5H3;7-10H2,1-6H3;7-9H2,1-6H3;6H2,1-5H3;4-9H,3H2,1-2H3;6H,5H2,1-4H3;16*1H4. The molecule has 0 amide bonds. The SMILES string of the molecule is C.C.C.C.C.C.C.C.C.C.C.C.C.C.C.C.CC1C2CC(C[Si](C)(C)C)C(C2)C1C.CCC(C)(C(=O)OC(C)(C)C)C(F)(F)F.CCC(C)(C)C(=O)OC(C)(C)C1CCC(C)CC1.CCC(C)(C)C(=O)OC(C)C(F)(F)F.CCC(C)(C)C(=O)OC1CCC(C(C)(C)C)CC1.CCC(C)(C)C(=O)OCCC[Si](C)(C)C.CCC(C)(C)C(=O)OCC[Si](C)(C)C.CCC(C)c1ccccc1. The minimum atomic E-state index is -4.58. The van der Waals surface area contributed by atoms with Crippen molar-refractivity contribution in [3.8, 4) is 0 Å². The van der Waals surface area contributed by atoms with Gasteiger partial charge in [-0.3, -0.25) is 28.8 Å². The number of hydrogen-bond donors (Lipinski definition) is 0. The van der Waals surface area contributed by atoms with Crippen LogP contribution in [0.25, 0.3) is 0 Å². The van der Waals surface area contributed by atoms with E-state index in [9.17, 15) is 55.1 Å². The molecule has 0 radical (unpaired) electrons. The van der Waals surface area contributed by atoms with Crippen LogP contribution in [0.5, 0.6) is 0 Å². The molecule has 8 unspecified atom stereocenters. The Morgan fingerprint density at radius 1 is 0.403 bits per heavy atom. The van der Waals surface area contributed by atoms with Gasteiger partial charge in [-0.25, -0.2) is 0 Å². The van der Waals surface area contributed by atoms with Crippen LogP contribution in [0.15, 0.2) is 30.3 Å². The maximum absolute atomic E-state index is 12.6. The summed E-state index contributed by atoms with van der Waals surface area (Å²) < 4.78 is 105. The second-order valence-electron chi connectivity index (χ2n) is 44.8. The van der Waals surface area contributed by atoms with Gasteiger partial charge in [0.15, 0.2) is 11.5 Å². The van der Waals surface area contributed by atoms with E-state index in [1.165, 1.54) is 84.2 Å². The van der Waals surface area contributed by atoms with E-state index in [1.54, 1.807) is 39.7 Å². The molecular weight excluding hydrogens is 1750 g/mol. The van der Waals surface area contributed by atoms with Crippen molar-refractivity contribution in [3.63, 3.8) is 0 Å². The summed E-state index contributed by atoms with van der Waals surface area (Å²) in [4.78, 5) is 70.0. The number of hydrogen-bond acceptors (Lipinski definition) is 12. The molecule has 4 aliphatic carbocycles. The Labute approximate surface area is 840 Å². The van der Waals surface area contributed by atoms with Crippen LogP contribution in [-0.2, 0) is 57.2 Å². The highest BCUT2D eigenvalue weighted by atomic mass is 28.3. The van der Waals surface area contributed by atoms with Crippen molar-refractivity contribution in [1.29, 1.82) is 0 Å². The van der Waals surface area contributed by atoms with Gasteiger partial charge in [-0.05, 0) is 291 Å². The summed E-state index contributed by atoms with van der Waals surface area (Å²) >= 11 is 0. The number of carbonyl (C=O) groups excluding carboxylic acids is 6. The first-order valence-electron chi connectivity index (χ1n) is 45.4. The van der Waals surface area contributed by atoms with Crippen LogP contribution in [0.1, 0.15) is 461 Å². The Hall–Kier alpha value is -3.73. The van der Waals surface area contributed by atoms with Crippen LogP contribution in [0.4, 0.5) is 26.3 Å². The Balaban J connectivity index is -0.0000000655. The van der Waals surface area contributed by atoms with Gasteiger partial charge in [0.2, 0.25) is 0 Å². The van der Waals surface area contributed by atoms with E-state index in [4.69, 9.17) is 23.7 Å². The van der Waals surface area contributed by atoms with E-state index in [0.717, 1.165) is 106 Å². The van der Waals surface area contributed by atoms with Gasteiger partial charge < -0.3 is 28.4 Å². The van der Waals surface area contributed by atoms with Crippen LogP contribution in [0.2, 0.25) is 77.1 Å². The molecule has 1 aromatic rings. The van der Waals surface area contributed by atoms with E-state index in [-0.39, 0.29) is 182 Å². The fourth-order valence-electron chi connectivity index (χ4n) is 13.5. The first kappa shape index (κ1) is 176. The molecule has 0 aromatic heterocycles. The summed E-state index contributed by atoms with van der Waals surface area (Å²) in [6, 6.07) is 14.5. The van der Waals surface area contributed by atoms with Gasteiger partial charge in [-0.2, -0.15) is 26.3 Å². The van der Waals surface area contributed by atoms with Gasteiger partial charge >= 0.3 is 48.2 Å². The van der Waals surface area contributed by atoms with Crippen molar-refractivity contribution < 1.29 is 83.5 Å². The Kier molecular flexibility index (Phi) is 98.6. The third-order valence-electron chi connectivity index (χ3n) is 25.9. The minimum Gasteiger partial charge on any atom is -0.466 e. The largest absolute Gasteiger partial charge is 0.466 e. The lowest BCUT2D eigenvalue weighted by molar-refractivity contribution is -0.236. The van der Waals surface area contributed by atoms with E-state index < -0.39 is 71.0 Å². The van der Waals surface area contributed by atoms with Crippen LogP contribution in [0, 0.1) is 85.2 Å². The number of esters is 6. The maximum Gasteiger partial charge on any atom is 0.425 e. The number of carbonyl (C=O) groups is 6. The number of halogens is 6. The molecule has 0 heterocycles. The molecule has 8 atom stereocenters. The van der Waals surface area contributed by atoms with Crippen molar-refractivity contribution in [2.45, 2.75) is 568 Å². The molecule has 134 heavy (non-hydrogen) atoms. The fraction of sp³-hybridized carbons (Fsp3) is 0.894. The predicted octanol–water partition coefficient (Wildman–Crippen LogP) is 40.0. The van der Waals surface area contributed by atoms with Crippen molar-refractivity contribution >= 4 is 60.0 Å². The summed E-state index contributed by atoms with van der Waals surface area (Å²) in [6.07, 6.45) is 7.22. The lowest BCUT2D eigenvalue weighted by Gasteiger charge is -2.39. The van der Waals surface area contributed by atoms with Gasteiger partial charge in [0.25, 0.3) is 0 Å². The van der Waals surface area contributed by atoms with Crippen molar-refractivity contribution in [2.75, 3.05) is 13.2 Å². The molecule has 21 heteroatoms. The van der Waals surface area contributed by atoms with Crippen molar-refractivity contribution in [3.05, 3.63) is 35.9 Å². The number of alkyl halides is 6. The van der Waals surface area contributed by atoms with Crippen molar-refractivity contribution in [1.82, 2.24) is 0 Å². The van der Waals surface area contributed by atoms with Gasteiger partial charge in [-0.15, -0.1) is 0 Å². The molecular formula is C113H246F6O12Si3. The van der Waals surface area contributed by atoms with Gasteiger partial charge in [0.05, 0.1) is 40.3 Å². The average Bonchev–Trinajstić information content (AvgIpc) is 1.60.